The fraction of sp³-hybridized carbons (Fsp3) is 1.00. The maximum atomic E-state index is 8.69. The summed E-state index contributed by atoms with van der Waals surface area (Å²) in [6.07, 6.45) is 4.78. The Morgan fingerprint density at radius 2 is 1.92 bits per heavy atom. The Hall–Kier alpha value is 0.170. The standard InChI is InChI=1S/C9H20N2O.ClH/c10-9(8-12)4-3-7-11-5-1-2-6-11;/h9,12H,1-8,10H2;1H. The molecule has 4 heteroatoms. The molecular weight excluding hydrogens is 188 g/mol. The quantitative estimate of drug-likeness (QED) is 0.696. The van der Waals surface area contributed by atoms with E-state index in [2.05, 4.69) is 4.90 Å². The molecule has 0 aromatic rings. The number of nitrogens with two attached hydrogens (primary N) is 1. The Labute approximate surface area is 86.7 Å². The molecule has 3 N–H and O–H groups in total. The van der Waals surface area contributed by atoms with Gasteiger partial charge in [-0.3, -0.25) is 0 Å². The highest BCUT2D eigenvalue weighted by molar-refractivity contribution is 5.85. The molecule has 80 valence electrons. The highest BCUT2D eigenvalue weighted by Crippen LogP contribution is 2.08. The Morgan fingerprint density at radius 3 is 2.46 bits per heavy atom. The number of hydrogen-bond acceptors (Lipinski definition) is 3. The van der Waals surface area contributed by atoms with Crippen LogP contribution in [0.3, 0.4) is 0 Å². The summed E-state index contributed by atoms with van der Waals surface area (Å²) >= 11 is 0. The van der Waals surface area contributed by atoms with Crippen LogP contribution in [0.4, 0.5) is 0 Å². The average molecular weight is 209 g/mol. The van der Waals surface area contributed by atoms with Crippen molar-refractivity contribution in [3.63, 3.8) is 0 Å². The minimum Gasteiger partial charge on any atom is -0.395 e. The molecule has 0 spiro atoms. The molecule has 1 saturated heterocycles. The molecule has 1 aliphatic heterocycles. The topological polar surface area (TPSA) is 49.5 Å². The van der Waals surface area contributed by atoms with Crippen LogP contribution in [-0.4, -0.2) is 42.3 Å². The van der Waals surface area contributed by atoms with Gasteiger partial charge in [0.2, 0.25) is 0 Å². The highest BCUT2D eigenvalue weighted by atomic mass is 35.5. The maximum Gasteiger partial charge on any atom is 0.0582 e. The fourth-order valence-electron chi connectivity index (χ4n) is 1.67. The second kappa shape index (κ2) is 7.56. The number of nitrogens with zero attached hydrogens (tertiary/aromatic N) is 1. The second-order valence-electron chi connectivity index (χ2n) is 3.63. The van der Waals surface area contributed by atoms with E-state index in [0.717, 1.165) is 19.4 Å². The molecule has 0 bridgehead atoms. The SMILES string of the molecule is Cl.NC(CO)CCCN1CCCC1. The summed E-state index contributed by atoms with van der Waals surface area (Å²) in [5.74, 6) is 0. The number of halogens is 1. The minimum atomic E-state index is -0.00685. The summed E-state index contributed by atoms with van der Waals surface area (Å²) in [5.41, 5.74) is 5.59. The second-order valence-corrected chi connectivity index (χ2v) is 3.63. The Bertz CT molecular complexity index is 118. The van der Waals surface area contributed by atoms with Crippen molar-refractivity contribution in [2.45, 2.75) is 31.7 Å². The van der Waals surface area contributed by atoms with Gasteiger partial charge in [0, 0.05) is 6.04 Å². The van der Waals surface area contributed by atoms with Crippen molar-refractivity contribution >= 4 is 12.4 Å². The van der Waals surface area contributed by atoms with Gasteiger partial charge in [0.1, 0.15) is 0 Å². The molecule has 0 saturated carbocycles. The summed E-state index contributed by atoms with van der Waals surface area (Å²) in [6, 6.07) is -0.00685. The van der Waals surface area contributed by atoms with E-state index in [-0.39, 0.29) is 25.1 Å². The molecule has 0 amide bonds. The van der Waals surface area contributed by atoms with Gasteiger partial charge in [0.05, 0.1) is 6.61 Å². The Kier molecular flexibility index (Phi) is 7.66. The van der Waals surface area contributed by atoms with Gasteiger partial charge < -0.3 is 15.7 Å². The number of aliphatic hydroxyl groups is 1. The zero-order chi connectivity index (χ0) is 8.81. The molecule has 1 heterocycles. The predicted molar refractivity (Wildman–Crippen MR) is 57.2 cm³/mol. The van der Waals surface area contributed by atoms with Crippen molar-refractivity contribution in [3.8, 4) is 0 Å². The lowest BCUT2D eigenvalue weighted by Gasteiger charge is -2.15. The first-order valence-corrected chi connectivity index (χ1v) is 4.91. The minimum absolute atomic E-state index is 0. The van der Waals surface area contributed by atoms with Gasteiger partial charge in [0.15, 0.2) is 0 Å². The molecule has 0 aromatic heterocycles. The van der Waals surface area contributed by atoms with Crippen LogP contribution >= 0.6 is 12.4 Å². The lowest BCUT2D eigenvalue weighted by molar-refractivity contribution is 0.249. The van der Waals surface area contributed by atoms with Crippen molar-refractivity contribution in [1.29, 1.82) is 0 Å². The van der Waals surface area contributed by atoms with Crippen molar-refractivity contribution in [3.05, 3.63) is 0 Å². The van der Waals surface area contributed by atoms with Crippen LogP contribution in [0.2, 0.25) is 0 Å². The van der Waals surface area contributed by atoms with Gasteiger partial charge in [-0.15, -0.1) is 12.4 Å². The van der Waals surface area contributed by atoms with Crippen LogP contribution in [0, 0.1) is 0 Å². The van der Waals surface area contributed by atoms with Crippen molar-refractivity contribution in [1.82, 2.24) is 4.90 Å². The lowest BCUT2D eigenvalue weighted by Crippen LogP contribution is -2.27. The van der Waals surface area contributed by atoms with Crippen LogP contribution in [0.5, 0.6) is 0 Å². The lowest BCUT2D eigenvalue weighted by atomic mass is 10.2. The first kappa shape index (κ1) is 13.2. The van der Waals surface area contributed by atoms with Gasteiger partial charge in [-0.25, -0.2) is 0 Å². The van der Waals surface area contributed by atoms with Gasteiger partial charge in [0.25, 0.3) is 0 Å². The first-order chi connectivity index (χ1) is 5.83. The van der Waals surface area contributed by atoms with Gasteiger partial charge in [-0.2, -0.15) is 0 Å². The molecule has 13 heavy (non-hydrogen) atoms. The maximum absolute atomic E-state index is 8.69. The number of aliphatic hydroxyl groups excluding tert-OH is 1. The summed E-state index contributed by atoms with van der Waals surface area (Å²) in [7, 11) is 0. The molecule has 1 unspecified atom stereocenters. The average Bonchev–Trinajstić information content (AvgIpc) is 2.57. The molecule has 0 aliphatic carbocycles. The van der Waals surface area contributed by atoms with Crippen LogP contribution < -0.4 is 5.73 Å². The first-order valence-electron chi connectivity index (χ1n) is 4.91. The number of likely N-dealkylation sites (tertiary alicyclic amines) is 1. The van der Waals surface area contributed by atoms with E-state index in [0.29, 0.717) is 0 Å². The van der Waals surface area contributed by atoms with Crippen molar-refractivity contribution < 1.29 is 5.11 Å². The molecule has 1 fully saturated rings. The predicted octanol–water partition coefficient (Wildman–Crippen LogP) is 0.604. The van der Waals surface area contributed by atoms with E-state index in [1.54, 1.807) is 0 Å². The van der Waals surface area contributed by atoms with Gasteiger partial charge in [-0.05, 0) is 45.3 Å². The molecule has 1 rings (SSSR count). The van der Waals surface area contributed by atoms with E-state index >= 15 is 0 Å². The third-order valence-corrected chi connectivity index (χ3v) is 2.48. The normalized spacial score (nSPS) is 19.8. The third-order valence-electron chi connectivity index (χ3n) is 2.48. The Morgan fingerprint density at radius 1 is 1.31 bits per heavy atom. The van der Waals surface area contributed by atoms with Crippen LogP contribution in [0.1, 0.15) is 25.7 Å². The zero-order valence-corrected chi connectivity index (χ0v) is 8.93. The molecule has 0 radical (unpaired) electrons. The van der Waals surface area contributed by atoms with E-state index in [1.807, 2.05) is 0 Å². The smallest absolute Gasteiger partial charge is 0.0582 e. The summed E-state index contributed by atoms with van der Waals surface area (Å²) in [6.45, 7) is 3.80. The Balaban J connectivity index is 0.00000144. The van der Waals surface area contributed by atoms with E-state index in [9.17, 15) is 0 Å². The summed E-state index contributed by atoms with van der Waals surface area (Å²) in [5, 5.41) is 8.69. The van der Waals surface area contributed by atoms with E-state index in [1.165, 1.54) is 25.9 Å². The van der Waals surface area contributed by atoms with E-state index in [4.69, 9.17) is 10.8 Å². The number of rotatable bonds is 5. The summed E-state index contributed by atoms with van der Waals surface area (Å²) < 4.78 is 0. The van der Waals surface area contributed by atoms with E-state index < -0.39 is 0 Å². The molecule has 0 aromatic carbocycles. The van der Waals surface area contributed by atoms with Crippen molar-refractivity contribution in [2.24, 2.45) is 5.73 Å². The molecule has 1 atom stereocenters. The van der Waals surface area contributed by atoms with Crippen LogP contribution in [-0.2, 0) is 0 Å². The zero-order valence-electron chi connectivity index (χ0n) is 8.11. The fourth-order valence-corrected chi connectivity index (χ4v) is 1.67. The van der Waals surface area contributed by atoms with Gasteiger partial charge in [-0.1, -0.05) is 0 Å². The van der Waals surface area contributed by atoms with Gasteiger partial charge >= 0.3 is 0 Å². The highest BCUT2D eigenvalue weighted by Gasteiger charge is 2.10. The third kappa shape index (κ3) is 5.47. The number of hydrogen-bond donors (Lipinski definition) is 2. The van der Waals surface area contributed by atoms with Crippen molar-refractivity contribution in [2.75, 3.05) is 26.2 Å². The molecule has 3 nitrogen and oxygen atoms in total. The monoisotopic (exact) mass is 208 g/mol. The molecular formula is C9H21ClN2O. The largest absolute Gasteiger partial charge is 0.395 e. The summed E-state index contributed by atoms with van der Waals surface area (Å²) in [4.78, 5) is 2.48. The van der Waals surface area contributed by atoms with Crippen LogP contribution in [0.25, 0.3) is 0 Å². The molecule has 1 aliphatic rings. The van der Waals surface area contributed by atoms with Crippen LogP contribution in [0.15, 0.2) is 0 Å².